The van der Waals surface area contributed by atoms with Crippen molar-refractivity contribution in [2.45, 2.75) is 19.9 Å². The molecule has 0 fully saturated rings. The summed E-state index contributed by atoms with van der Waals surface area (Å²) in [6.07, 6.45) is 1.66. The maximum absolute atomic E-state index is 12.3. The van der Waals surface area contributed by atoms with Gasteiger partial charge in [0.05, 0.1) is 11.7 Å². The Hall–Kier alpha value is -2.63. The Kier molecular flexibility index (Phi) is 2.98. The molecule has 2 heterocycles. The first-order valence-electron chi connectivity index (χ1n) is 6.45. The third-order valence-electron chi connectivity index (χ3n) is 3.09. The van der Waals surface area contributed by atoms with Gasteiger partial charge in [0.2, 0.25) is 0 Å². The zero-order valence-electron chi connectivity index (χ0n) is 11.3. The minimum Gasteiger partial charge on any atom is -0.305 e. The van der Waals surface area contributed by atoms with Crippen molar-refractivity contribution >= 4 is 22.6 Å². The lowest BCUT2D eigenvalue weighted by atomic mass is 10.2. The second kappa shape index (κ2) is 4.80. The zero-order chi connectivity index (χ0) is 14.1. The van der Waals surface area contributed by atoms with Crippen LogP contribution in [0.1, 0.15) is 30.4 Å². The van der Waals surface area contributed by atoms with Crippen molar-refractivity contribution < 1.29 is 4.79 Å². The minimum absolute atomic E-state index is 0.177. The van der Waals surface area contributed by atoms with Gasteiger partial charge in [-0.1, -0.05) is 18.2 Å². The molecule has 3 rings (SSSR count). The van der Waals surface area contributed by atoms with Crippen LogP contribution in [0.4, 0.5) is 5.82 Å². The average molecular weight is 269 g/mol. The quantitative estimate of drug-likeness (QED) is 0.767. The van der Waals surface area contributed by atoms with Gasteiger partial charge in [0.15, 0.2) is 5.69 Å². The number of fused-ring (bicyclic) bond motifs is 1. The van der Waals surface area contributed by atoms with Gasteiger partial charge in [-0.3, -0.25) is 9.89 Å². The number of nitrogens with one attached hydrogen (secondary N) is 2. The van der Waals surface area contributed by atoms with Gasteiger partial charge in [0.1, 0.15) is 5.82 Å². The molecule has 0 atom stereocenters. The molecule has 0 aliphatic carbocycles. The number of carbonyl (C=O) groups is 1. The van der Waals surface area contributed by atoms with E-state index in [-0.39, 0.29) is 11.9 Å². The Labute approximate surface area is 115 Å². The fourth-order valence-electron chi connectivity index (χ4n) is 2.14. The molecule has 3 aromatic rings. The normalized spacial score (nSPS) is 11.2. The van der Waals surface area contributed by atoms with Crippen LogP contribution in [-0.4, -0.2) is 25.9 Å². The summed E-state index contributed by atoms with van der Waals surface area (Å²) in [7, 11) is 0. The molecular formula is C14H15N5O. The lowest BCUT2D eigenvalue weighted by Crippen LogP contribution is -2.17. The van der Waals surface area contributed by atoms with Crippen LogP contribution < -0.4 is 5.32 Å². The minimum atomic E-state index is -0.246. The topological polar surface area (TPSA) is 75.6 Å². The Morgan fingerprint density at radius 2 is 2.10 bits per heavy atom. The van der Waals surface area contributed by atoms with Gasteiger partial charge >= 0.3 is 0 Å². The number of rotatable bonds is 3. The largest absolute Gasteiger partial charge is 0.305 e. The van der Waals surface area contributed by atoms with Crippen LogP contribution >= 0.6 is 0 Å². The van der Waals surface area contributed by atoms with Crippen LogP contribution in [0.25, 0.3) is 10.9 Å². The molecular weight excluding hydrogens is 254 g/mol. The van der Waals surface area contributed by atoms with E-state index < -0.39 is 0 Å². The highest BCUT2D eigenvalue weighted by Gasteiger charge is 2.16. The van der Waals surface area contributed by atoms with Gasteiger partial charge in [0, 0.05) is 17.5 Å². The number of hydrogen-bond donors (Lipinski definition) is 2. The molecule has 0 spiro atoms. The molecule has 0 saturated heterocycles. The van der Waals surface area contributed by atoms with E-state index in [2.05, 4.69) is 20.6 Å². The fraction of sp³-hybridized carbons (Fsp3) is 0.214. The SMILES string of the molecule is CC(C)n1nccc1NC(=O)c1n[nH]c2ccccc12. The first-order chi connectivity index (χ1) is 9.66. The highest BCUT2D eigenvalue weighted by atomic mass is 16.2. The van der Waals surface area contributed by atoms with Crippen LogP contribution in [0.2, 0.25) is 0 Å². The highest BCUT2D eigenvalue weighted by molar-refractivity contribution is 6.10. The molecule has 2 aromatic heterocycles. The van der Waals surface area contributed by atoms with E-state index in [4.69, 9.17) is 0 Å². The van der Waals surface area contributed by atoms with Gasteiger partial charge in [-0.25, -0.2) is 4.68 Å². The lowest BCUT2D eigenvalue weighted by molar-refractivity contribution is 0.102. The van der Waals surface area contributed by atoms with Crippen LogP contribution in [0.5, 0.6) is 0 Å². The number of carbonyl (C=O) groups excluding carboxylic acids is 1. The van der Waals surface area contributed by atoms with E-state index in [1.54, 1.807) is 16.9 Å². The Bertz CT molecular complexity index is 756. The lowest BCUT2D eigenvalue weighted by Gasteiger charge is -2.11. The van der Waals surface area contributed by atoms with E-state index in [0.29, 0.717) is 11.5 Å². The highest BCUT2D eigenvalue weighted by Crippen LogP contribution is 2.18. The summed E-state index contributed by atoms with van der Waals surface area (Å²) >= 11 is 0. The summed E-state index contributed by atoms with van der Waals surface area (Å²) in [6, 6.07) is 9.48. The van der Waals surface area contributed by atoms with Crippen molar-refractivity contribution in [3.05, 3.63) is 42.2 Å². The first-order valence-corrected chi connectivity index (χ1v) is 6.45. The Morgan fingerprint density at radius 3 is 2.90 bits per heavy atom. The van der Waals surface area contributed by atoms with Crippen molar-refractivity contribution in [2.24, 2.45) is 0 Å². The van der Waals surface area contributed by atoms with Gasteiger partial charge in [-0.05, 0) is 19.9 Å². The standard InChI is InChI=1S/C14H15N5O/c1-9(2)19-12(7-8-15-19)16-14(20)13-10-5-3-4-6-11(10)17-18-13/h3-9H,1-2H3,(H,16,20)(H,17,18). The molecule has 2 N–H and O–H groups in total. The molecule has 6 heteroatoms. The molecule has 0 bridgehead atoms. The van der Waals surface area contributed by atoms with Crippen molar-refractivity contribution in [1.82, 2.24) is 20.0 Å². The number of aromatic nitrogens is 4. The third-order valence-corrected chi connectivity index (χ3v) is 3.09. The molecule has 20 heavy (non-hydrogen) atoms. The van der Waals surface area contributed by atoms with Crippen molar-refractivity contribution in [3.63, 3.8) is 0 Å². The molecule has 0 saturated carbocycles. The van der Waals surface area contributed by atoms with Crippen LogP contribution in [-0.2, 0) is 0 Å². The number of amides is 1. The number of benzene rings is 1. The number of H-pyrrole nitrogens is 1. The van der Waals surface area contributed by atoms with Crippen LogP contribution in [0.3, 0.4) is 0 Å². The van der Waals surface area contributed by atoms with Crippen LogP contribution in [0.15, 0.2) is 36.5 Å². The summed E-state index contributed by atoms with van der Waals surface area (Å²) in [5.41, 5.74) is 1.23. The molecule has 1 amide bonds. The second-order valence-electron chi connectivity index (χ2n) is 4.83. The molecule has 6 nitrogen and oxygen atoms in total. The first kappa shape index (κ1) is 12.4. The number of hydrogen-bond acceptors (Lipinski definition) is 3. The molecule has 0 aliphatic rings. The van der Waals surface area contributed by atoms with Gasteiger partial charge in [0.25, 0.3) is 5.91 Å². The predicted octanol–water partition coefficient (Wildman–Crippen LogP) is 2.59. The molecule has 0 unspecified atom stereocenters. The fourth-order valence-corrected chi connectivity index (χ4v) is 2.14. The summed E-state index contributed by atoms with van der Waals surface area (Å²) in [5.74, 6) is 0.418. The summed E-state index contributed by atoms with van der Waals surface area (Å²) in [5, 5.41) is 14.8. The van der Waals surface area contributed by atoms with Crippen molar-refractivity contribution in [2.75, 3.05) is 5.32 Å². The summed E-state index contributed by atoms with van der Waals surface area (Å²) < 4.78 is 1.76. The number of para-hydroxylation sites is 1. The molecule has 0 radical (unpaired) electrons. The monoisotopic (exact) mass is 269 g/mol. The zero-order valence-corrected chi connectivity index (χ0v) is 11.3. The van der Waals surface area contributed by atoms with Crippen LogP contribution in [0, 0.1) is 0 Å². The maximum Gasteiger partial charge on any atom is 0.277 e. The molecule has 1 aromatic carbocycles. The van der Waals surface area contributed by atoms with Gasteiger partial charge < -0.3 is 5.32 Å². The van der Waals surface area contributed by atoms with Gasteiger partial charge in [-0.15, -0.1) is 0 Å². The predicted molar refractivity (Wildman–Crippen MR) is 76.7 cm³/mol. The number of aromatic amines is 1. The van der Waals surface area contributed by atoms with E-state index >= 15 is 0 Å². The molecule has 0 aliphatic heterocycles. The second-order valence-corrected chi connectivity index (χ2v) is 4.83. The van der Waals surface area contributed by atoms with E-state index in [1.807, 2.05) is 38.1 Å². The van der Waals surface area contributed by atoms with E-state index in [9.17, 15) is 4.79 Å². The van der Waals surface area contributed by atoms with Crippen molar-refractivity contribution in [1.29, 1.82) is 0 Å². The number of anilines is 1. The maximum atomic E-state index is 12.3. The Morgan fingerprint density at radius 1 is 1.30 bits per heavy atom. The van der Waals surface area contributed by atoms with E-state index in [0.717, 1.165) is 10.9 Å². The molecule has 102 valence electrons. The summed E-state index contributed by atoms with van der Waals surface area (Å²) in [6.45, 7) is 4.01. The average Bonchev–Trinajstić information content (AvgIpc) is 3.04. The Balaban J connectivity index is 1.91. The summed E-state index contributed by atoms with van der Waals surface area (Å²) in [4.78, 5) is 12.3. The number of nitrogens with zero attached hydrogens (tertiary/aromatic N) is 3. The van der Waals surface area contributed by atoms with E-state index in [1.165, 1.54) is 0 Å². The third kappa shape index (κ3) is 2.05. The van der Waals surface area contributed by atoms with Gasteiger partial charge in [-0.2, -0.15) is 10.2 Å². The van der Waals surface area contributed by atoms with Crippen molar-refractivity contribution in [3.8, 4) is 0 Å². The smallest absolute Gasteiger partial charge is 0.277 e.